The fourth-order valence-corrected chi connectivity index (χ4v) is 5.59. The molecule has 2 fully saturated rings. The molecule has 2 N–H and O–H groups in total. The summed E-state index contributed by atoms with van der Waals surface area (Å²) in [5.41, 5.74) is 2.69. The van der Waals surface area contributed by atoms with E-state index in [4.69, 9.17) is 0 Å². The predicted molar refractivity (Wildman–Crippen MR) is 153 cm³/mol. The van der Waals surface area contributed by atoms with Crippen LogP contribution in [0.4, 0.5) is 4.79 Å². The monoisotopic (exact) mass is 505 g/mol. The van der Waals surface area contributed by atoms with Crippen LogP contribution in [0.25, 0.3) is 0 Å². The molecule has 1 saturated carbocycles. The van der Waals surface area contributed by atoms with E-state index < -0.39 is 0 Å². The second kappa shape index (κ2) is 15.8. The van der Waals surface area contributed by atoms with Gasteiger partial charge in [0.1, 0.15) is 0 Å². The van der Waals surface area contributed by atoms with Gasteiger partial charge in [-0.05, 0) is 49.9 Å². The molecule has 2 amide bonds. The van der Waals surface area contributed by atoms with Gasteiger partial charge in [-0.1, -0.05) is 79.9 Å². The summed E-state index contributed by atoms with van der Waals surface area (Å²) in [5.74, 6) is 0. The zero-order chi connectivity index (χ0) is 25.5. The maximum absolute atomic E-state index is 13.4. The molecule has 6 nitrogen and oxygen atoms in total. The fourth-order valence-electron chi connectivity index (χ4n) is 5.59. The van der Waals surface area contributed by atoms with E-state index >= 15 is 0 Å². The maximum atomic E-state index is 13.4. The summed E-state index contributed by atoms with van der Waals surface area (Å²) in [7, 11) is 0. The molecule has 0 bridgehead atoms. The number of benzene rings is 2. The average molecular weight is 506 g/mol. The summed E-state index contributed by atoms with van der Waals surface area (Å²) in [5, 5.41) is 7.05. The zero-order valence-corrected chi connectivity index (χ0v) is 22.6. The highest BCUT2D eigenvalue weighted by Crippen LogP contribution is 2.18. The topological polar surface area (TPSA) is 50.9 Å². The van der Waals surface area contributed by atoms with Gasteiger partial charge in [0, 0.05) is 58.4 Å². The molecule has 0 radical (unpaired) electrons. The van der Waals surface area contributed by atoms with Crippen molar-refractivity contribution in [3.05, 3.63) is 71.8 Å². The van der Waals surface area contributed by atoms with E-state index in [1.165, 1.54) is 30.4 Å². The van der Waals surface area contributed by atoms with Crippen LogP contribution in [-0.2, 0) is 13.1 Å². The SMILES string of the molecule is O=C(NC1CCCCC1)N1CCCN(Cc2ccccc2)CCNCCCN(Cc2ccccc2)CC1. The standard InChI is InChI=1S/C31H47N5O/c37-31(33-30-16-8-3-9-17-30)36-22-11-21-34(26-28-12-4-1-5-13-28)23-19-32-18-10-20-35(24-25-36)27-29-14-6-2-7-15-29/h1-2,4-7,12-15,30,32H,3,8-11,16-27H2,(H,33,37). The van der Waals surface area contributed by atoms with Crippen LogP contribution in [-0.4, -0.2) is 79.1 Å². The van der Waals surface area contributed by atoms with Crippen LogP contribution in [0.5, 0.6) is 0 Å². The molecule has 37 heavy (non-hydrogen) atoms. The Bertz CT molecular complexity index is 887. The van der Waals surface area contributed by atoms with Crippen molar-refractivity contribution in [3.8, 4) is 0 Å². The molecular formula is C31H47N5O. The molecule has 1 saturated heterocycles. The third-order valence-electron chi connectivity index (χ3n) is 7.74. The smallest absolute Gasteiger partial charge is 0.317 e. The van der Waals surface area contributed by atoms with Crippen molar-refractivity contribution in [2.75, 3.05) is 52.4 Å². The lowest BCUT2D eigenvalue weighted by Crippen LogP contribution is -2.48. The average Bonchev–Trinajstić information content (AvgIpc) is 2.93. The molecule has 0 spiro atoms. The van der Waals surface area contributed by atoms with Crippen LogP contribution in [0.1, 0.15) is 56.1 Å². The summed E-state index contributed by atoms with van der Waals surface area (Å²) >= 11 is 0. The van der Waals surface area contributed by atoms with Gasteiger partial charge in [-0.3, -0.25) is 9.80 Å². The largest absolute Gasteiger partial charge is 0.335 e. The molecule has 6 heteroatoms. The third kappa shape index (κ3) is 10.1. The van der Waals surface area contributed by atoms with E-state index in [1.807, 2.05) is 0 Å². The highest BCUT2D eigenvalue weighted by atomic mass is 16.2. The van der Waals surface area contributed by atoms with Gasteiger partial charge in [0.25, 0.3) is 0 Å². The first-order valence-electron chi connectivity index (χ1n) is 14.5. The fraction of sp³-hybridized carbons (Fsp3) is 0.581. The Labute approximate surface area is 224 Å². The van der Waals surface area contributed by atoms with E-state index in [-0.39, 0.29) is 6.03 Å². The first-order valence-corrected chi connectivity index (χ1v) is 14.5. The summed E-state index contributed by atoms with van der Waals surface area (Å²) in [6.07, 6.45) is 8.12. The zero-order valence-electron chi connectivity index (χ0n) is 22.6. The highest BCUT2D eigenvalue weighted by Gasteiger charge is 2.21. The van der Waals surface area contributed by atoms with Gasteiger partial charge in [-0.2, -0.15) is 0 Å². The number of carbonyl (C=O) groups excluding carboxylic acids is 1. The van der Waals surface area contributed by atoms with Gasteiger partial charge >= 0.3 is 6.03 Å². The number of carbonyl (C=O) groups is 1. The van der Waals surface area contributed by atoms with Gasteiger partial charge in [0.05, 0.1) is 0 Å². The third-order valence-corrected chi connectivity index (χ3v) is 7.74. The van der Waals surface area contributed by atoms with Crippen molar-refractivity contribution in [1.29, 1.82) is 0 Å². The van der Waals surface area contributed by atoms with Gasteiger partial charge in [0.15, 0.2) is 0 Å². The summed E-state index contributed by atoms with van der Waals surface area (Å²) < 4.78 is 0. The molecule has 2 aliphatic rings. The lowest BCUT2D eigenvalue weighted by molar-refractivity contribution is 0.165. The minimum atomic E-state index is 0.134. The Hall–Kier alpha value is -2.41. The van der Waals surface area contributed by atoms with Gasteiger partial charge < -0.3 is 15.5 Å². The summed E-state index contributed by atoms with van der Waals surface area (Å²) in [4.78, 5) is 20.6. The Morgan fingerprint density at radius 3 is 1.97 bits per heavy atom. The number of urea groups is 1. The van der Waals surface area contributed by atoms with E-state index in [1.54, 1.807) is 0 Å². The van der Waals surface area contributed by atoms with E-state index in [2.05, 4.69) is 86.0 Å². The Morgan fingerprint density at radius 1 is 0.676 bits per heavy atom. The first-order chi connectivity index (χ1) is 18.3. The number of amides is 2. The Balaban J connectivity index is 1.39. The summed E-state index contributed by atoms with van der Waals surface area (Å²) in [6, 6.07) is 22.0. The van der Waals surface area contributed by atoms with Crippen LogP contribution in [0.3, 0.4) is 0 Å². The lowest BCUT2D eigenvalue weighted by Gasteiger charge is -2.32. The minimum Gasteiger partial charge on any atom is -0.335 e. The molecule has 2 aromatic carbocycles. The normalized spacial score (nSPS) is 20.3. The minimum absolute atomic E-state index is 0.134. The molecule has 2 aromatic rings. The maximum Gasteiger partial charge on any atom is 0.317 e. The number of hydrogen-bond acceptors (Lipinski definition) is 4. The Morgan fingerprint density at radius 2 is 1.30 bits per heavy atom. The summed E-state index contributed by atoms with van der Waals surface area (Å²) in [6.45, 7) is 9.45. The van der Waals surface area contributed by atoms with Crippen molar-refractivity contribution in [3.63, 3.8) is 0 Å². The van der Waals surface area contributed by atoms with E-state index in [0.717, 1.165) is 91.1 Å². The second-order valence-electron chi connectivity index (χ2n) is 10.8. The van der Waals surface area contributed by atoms with Gasteiger partial charge in [-0.25, -0.2) is 4.79 Å². The highest BCUT2D eigenvalue weighted by molar-refractivity contribution is 5.74. The van der Waals surface area contributed by atoms with Gasteiger partial charge in [0.2, 0.25) is 0 Å². The predicted octanol–water partition coefficient (Wildman–Crippen LogP) is 4.72. The quantitative estimate of drug-likeness (QED) is 0.618. The van der Waals surface area contributed by atoms with Crippen molar-refractivity contribution in [2.24, 2.45) is 0 Å². The number of nitrogens with one attached hydrogen (secondary N) is 2. The van der Waals surface area contributed by atoms with Crippen molar-refractivity contribution < 1.29 is 4.79 Å². The molecule has 202 valence electrons. The molecule has 1 aliphatic carbocycles. The lowest BCUT2D eigenvalue weighted by atomic mass is 9.96. The van der Waals surface area contributed by atoms with Gasteiger partial charge in [-0.15, -0.1) is 0 Å². The Kier molecular flexibility index (Phi) is 11.8. The molecule has 4 rings (SSSR count). The molecule has 0 aromatic heterocycles. The molecular weight excluding hydrogens is 458 g/mol. The van der Waals surface area contributed by atoms with Crippen LogP contribution < -0.4 is 10.6 Å². The van der Waals surface area contributed by atoms with Crippen LogP contribution in [0.15, 0.2) is 60.7 Å². The molecule has 0 atom stereocenters. The van der Waals surface area contributed by atoms with E-state index in [0.29, 0.717) is 6.04 Å². The number of nitrogens with zero attached hydrogens (tertiary/aromatic N) is 3. The van der Waals surface area contributed by atoms with Crippen LogP contribution in [0, 0.1) is 0 Å². The molecule has 1 heterocycles. The molecule has 1 aliphatic heterocycles. The van der Waals surface area contributed by atoms with Crippen LogP contribution in [0.2, 0.25) is 0 Å². The molecule has 0 unspecified atom stereocenters. The van der Waals surface area contributed by atoms with Crippen molar-refractivity contribution >= 4 is 6.03 Å². The van der Waals surface area contributed by atoms with E-state index in [9.17, 15) is 4.79 Å². The van der Waals surface area contributed by atoms with Crippen molar-refractivity contribution in [1.82, 2.24) is 25.3 Å². The second-order valence-corrected chi connectivity index (χ2v) is 10.8. The number of hydrogen-bond donors (Lipinski definition) is 2. The van der Waals surface area contributed by atoms with Crippen LogP contribution >= 0.6 is 0 Å². The first kappa shape index (κ1) is 27.6. The van der Waals surface area contributed by atoms with Crippen molar-refractivity contribution in [2.45, 2.75) is 64.1 Å². The number of rotatable bonds is 5.